The maximum atomic E-state index is 14.1. The lowest BCUT2D eigenvalue weighted by atomic mass is 10.2. The molecular weight excluding hydrogens is 289 g/mol. The third-order valence-corrected chi connectivity index (χ3v) is 3.95. The van der Waals surface area contributed by atoms with Gasteiger partial charge >= 0.3 is 0 Å². The van der Waals surface area contributed by atoms with E-state index in [0.717, 1.165) is 5.56 Å². The Labute approximate surface area is 128 Å². The molecule has 2 aromatic rings. The molecular formula is C17H17ClFNO. The van der Waals surface area contributed by atoms with E-state index in [2.05, 4.69) is 5.32 Å². The standard InChI is InChI=1S/C17H17ClFNO/c1-11-4-2-7-16(17(11)19)21-15-6-3-5-14(18)13(15)10-20-12-8-9-12/h2-7,12,20H,8-10H2,1H3. The molecule has 0 heterocycles. The Balaban J connectivity index is 1.86. The Morgan fingerprint density at radius 3 is 2.67 bits per heavy atom. The van der Waals surface area contributed by atoms with Crippen LogP contribution in [0, 0.1) is 12.7 Å². The van der Waals surface area contributed by atoms with Crippen LogP contribution in [0.3, 0.4) is 0 Å². The first kappa shape index (κ1) is 14.4. The topological polar surface area (TPSA) is 21.3 Å². The minimum absolute atomic E-state index is 0.227. The van der Waals surface area contributed by atoms with Crippen molar-refractivity contribution in [1.29, 1.82) is 0 Å². The highest BCUT2D eigenvalue weighted by Crippen LogP contribution is 2.33. The second kappa shape index (κ2) is 6.04. The van der Waals surface area contributed by atoms with Crippen molar-refractivity contribution in [2.75, 3.05) is 0 Å². The van der Waals surface area contributed by atoms with Crippen LogP contribution in [-0.4, -0.2) is 6.04 Å². The summed E-state index contributed by atoms with van der Waals surface area (Å²) in [4.78, 5) is 0. The molecule has 0 aliphatic heterocycles. The molecule has 3 rings (SSSR count). The molecule has 0 spiro atoms. The average Bonchev–Trinajstić information content (AvgIpc) is 3.27. The van der Waals surface area contributed by atoms with Gasteiger partial charge < -0.3 is 10.1 Å². The van der Waals surface area contributed by atoms with Crippen molar-refractivity contribution in [3.63, 3.8) is 0 Å². The molecule has 1 saturated carbocycles. The highest BCUT2D eigenvalue weighted by atomic mass is 35.5. The molecule has 2 aromatic carbocycles. The van der Waals surface area contributed by atoms with Gasteiger partial charge in [-0.1, -0.05) is 29.8 Å². The highest BCUT2D eigenvalue weighted by Gasteiger charge is 2.21. The molecule has 1 N–H and O–H groups in total. The van der Waals surface area contributed by atoms with E-state index in [1.165, 1.54) is 12.8 Å². The molecule has 0 radical (unpaired) electrons. The molecule has 0 unspecified atom stereocenters. The lowest BCUT2D eigenvalue weighted by Crippen LogP contribution is -2.16. The maximum Gasteiger partial charge on any atom is 0.168 e. The molecule has 0 saturated heterocycles. The van der Waals surface area contributed by atoms with E-state index in [1.54, 1.807) is 25.1 Å². The van der Waals surface area contributed by atoms with Gasteiger partial charge in [-0.25, -0.2) is 4.39 Å². The number of benzene rings is 2. The van der Waals surface area contributed by atoms with Crippen molar-refractivity contribution < 1.29 is 9.13 Å². The van der Waals surface area contributed by atoms with Crippen LogP contribution in [0.25, 0.3) is 0 Å². The van der Waals surface area contributed by atoms with E-state index in [4.69, 9.17) is 16.3 Å². The minimum Gasteiger partial charge on any atom is -0.454 e. The SMILES string of the molecule is Cc1cccc(Oc2cccc(Cl)c2CNC2CC2)c1F. The number of hydrogen-bond donors (Lipinski definition) is 1. The molecule has 21 heavy (non-hydrogen) atoms. The van der Waals surface area contributed by atoms with E-state index >= 15 is 0 Å². The monoisotopic (exact) mass is 305 g/mol. The molecule has 1 aliphatic carbocycles. The van der Waals surface area contributed by atoms with Crippen LogP contribution >= 0.6 is 11.6 Å². The summed E-state index contributed by atoms with van der Waals surface area (Å²) < 4.78 is 19.8. The quantitative estimate of drug-likeness (QED) is 0.854. The number of ether oxygens (including phenoxy) is 1. The zero-order valence-electron chi connectivity index (χ0n) is 11.8. The average molecular weight is 306 g/mol. The Morgan fingerprint density at radius 1 is 1.19 bits per heavy atom. The molecule has 0 bridgehead atoms. The van der Waals surface area contributed by atoms with E-state index in [-0.39, 0.29) is 11.6 Å². The van der Waals surface area contributed by atoms with Crippen molar-refractivity contribution in [3.05, 3.63) is 58.4 Å². The van der Waals surface area contributed by atoms with Crippen LogP contribution in [0.1, 0.15) is 24.0 Å². The van der Waals surface area contributed by atoms with Gasteiger partial charge in [0.2, 0.25) is 0 Å². The molecule has 0 amide bonds. The predicted molar refractivity (Wildman–Crippen MR) is 82.5 cm³/mol. The van der Waals surface area contributed by atoms with Crippen LogP contribution in [0.15, 0.2) is 36.4 Å². The summed E-state index contributed by atoms with van der Waals surface area (Å²) in [7, 11) is 0. The summed E-state index contributed by atoms with van der Waals surface area (Å²) >= 11 is 6.26. The summed E-state index contributed by atoms with van der Waals surface area (Å²) in [5, 5.41) is 4.04. The summed E-state index contributed by atoms with van der Waals surface area (Å²) in [5.41, 5.74) is 1.43. The summed E-state index contributed by atoms with van der Waals surface area (Å²) in [5.74, 6) is 0.490. The van der Waals surface area contributed by atoms with Crippen molar-refractivity contribution in [3.8, 4) is 11.5 Å². The van der Waals surface area contributed by atoms with Crippen molar-refractivity contribution in [1.82, 2.24) is 5.32 Å². The molecule has 2 nitrogen and oxygen atoms in total. The van der Waals surface area contributed by atoms with Crippen molar-refractivity contribution in [2.24, 2.45) is 0 Å². The normalized spacial score (nSPS) is 14.2. The zero-order chi connectivity index (χ0) is 14.8. The van der Waals surface area contributed by atoms with Gasteiger partial charge in [0.05, 0.1) is 0 Å². The Hall–Kier alpha value is -1.58. The number of halogens is 2. The number of rotatable bonds is 5. The molecule has 4 heteroatoms. The lowest BCUT2D eigenvalue weighted by Gasteiger charge is -2.14. The van der Waals surface area contributed by atoms with E-state index in [0.29, 0.717) is 28.9 Å². The molecule has 110 valence electrons. The number of hydrogen-bond acceptors (Lipinski definition) is 2. The fourth-order valence-corrected chi connectivity index (χ4v) is 2.39. The minimum atomic E-state index is -0.335. The Kier molecular flexibility index (Phi) is 4.13. The lowest BCUT2D eigenvalue weighted by molar-refractivity contribution is 0.433. The van der Waals surface area contributed by atoms with Gasteiger partial charge in [0.25, 0.3) is 0 Å². The van der Waals surface area contributed by atoms with Gasteiger partial charge in [-0.05, 0) is 43.5 Å². The second-order valence-corrected chi connectivity index (χ2v) is 5.77. The fourth-order valence-electron chi connectivity index (χ4n) is 2.16. The van der Waals surface area contributed by atoms with Gasteiger partial charge in [-0.3, -0.25) is 0 Å². The second-order valence-electron chi connectivity index (χ2n) is 5.36. The van der Waals surface area contributed by atoms with E-state index in [1.807, 2.05) is 18.2 Å². The summed E-state index contributed by atoms with van der Waals surface area (Å²) in [6.07, 6.45) is 2.40. The third kappa shape index (κ3) is 3.36. The first-order chi connectivity index (χ1) is 10.1. The third-order valence-electron chi connectivity index (χ3n) is 3.60. The number of nitrogens with one attached hydrogen (secondary N) is 1. The van der Waals surface area contributed by atoms with E-state index < -0.39 is 0 Å². The van der Waals surface area contributed by atoms with Crippen molar-refractivity contribution in [2.45, 2.75) is 32.4 Å². The Bertz CT molecular complexity index is 655. The van der Waals surface area contributed by atoms with Crippen LogP contribution in [0.2, 0.25) is 5.02 Å². The zero-order valence-corrected chi connectivity index (χ0v) is 12.6. The van der Waals surface area contributed by atoms with Gasteiger partial charge in [0, 0.05) is 23.2 Å². The smallest absolute Gasteiger partial charge is 0.168 e. The molecule has 1 fully saturated rings. The van der Waals surface area contributed by atoms with Gasteiger partial charge in [0.1, 0.15) is 5.75 Å². The van der Waals surface area contributed by atoms with Gasteiger partial charge in [0.15, 0.2) is 11.6 Å². The maximum absolute atomic E-state index is 14.1. The van der Waals surface area contributed by atoms with Crippen molar-refractivity contribution >= 4 is 11.6 Å². The van der Waals surface area contributed by atoms with Crippen LogP contribution in [-0.2, 0) is 6.54 Å². The highest BCUT2D eigenvalue weighted by molar-refractivity contribution is 6.31. The molecule has 0 atom stereocenters. The Morgan fingerprint density at radius 2 is 1.90 bits per heavy atom. The van der Waals surface area contributed by atoms with Crippen LogP contribution in [0.5, 0.6) is 11.5 Å². The summed E-state index contributed by atoms with van der Waals surface area (Å²) in [6, 6.07) is 11.1. The first-order valence-corrected chi connectivity index (χ1v) is 7.46. The molecule has 1 aliphatic rings. The summed E-state index contributed by atoms with van der Waals surface area (Å²) in [6.45, 7) is 2.35. The van der Waals surface area contributed by atoms with Crippen LogP contribution in [0.4, 0.5) is 4.39 Å². The fraction of sp³-hybridized carbons (Fsp3) is 0.294. The largest absolute Gasteiger partial charge is 0.454 e. The van der Waals surface area contributed by atoms with Crippen LogP contribution < -0.4 is 10.1 Å². The van der Waals surface area contributed by atoms with Gasteiger partial charge in [-0.2, -0.15) is 0 Å². The first-order valence-electron chi connectivity index (χ1n) is 7.09. The van der Waals surface area contributed by atoms with Gasteiger partial charge in [-0.15, -0.1) is 0 Å². The molecule has 0 aromatic heterocycles. The number of aryl methyl sites for hydroxylation is 1. The van der Waals surface area contributed by atoms with E-state index in [9.17, 15) is 4.39 Å². The predicted octanol–water partition coefficient (Wildman–Crippen LogP) is 4.83.